The second kappa shape index (κ2) is 4.43. The van der Waals surface area contributed by atoms with Crippen LogP contribution in [0.5, 0.6) is 0 Å². The van der Waals surface area contributed by atoms with Crippen molar-refractivity contribution in [1.29, 1.82) is 0 Å². The van der Waals surface area contributed by atoms with Gasteiger partial charge in [-0.05, 0) is 27.2 Å². The fourth-order valence-electron chi connectivity index (χ4n) is 4.19. The number of hydrogen-bond donors (Lipinski definition) is 1. The van der Waals surface area contributed by atoms with Crippen molar-refractivity contribution in [2.75, 3.05) is 6.61 Å². The second-order valence-electron chi connectivity index (χ2n) is 6.27. The molecule has 0 spiro atoms. The van der Waals surface area contributed by atoms with Gasteiger partial charge in [-0.15, -0.1) is 0 Å². The molecule has 0 aromatic heterocycles. The van der Waals surface area contributed by atoms with Crippen LogP contribution in [0, 0.1) is 23.7 Å². The first-order valence-corrected chi connectivity index (χ1v) is 7.11. The number of ether oxygens (including phenoxy) is 3. The van der Waals surface area contributed by atoms with Crippen molar-refractivity contribution in [1.82, 2.24) is 0 Å². The Morgan fingerprint density at radius 2 is 1.75 bits per heavy atom. The summed E-state index contributed by atoms with van der Waals surface area (Å²) < 4.78 is 16.8. The molecule has 112 valence electrons. The number of carbonyl (C=O) groups is 2. The molecule has 2 bridgehead atoms. The summed E-state index contributed by atoms with van der Waals surface area (Å²) in [5.74, 6) is -3.69. The van der Waals surface area contributed by atoms with Gasteiger partial charge in [0.1, 0.15) is 0 Å². The highest BCUT2D eigenvalue weighted by molar-refractivity contribution is 5.83. The van der Waals surface area contributed by atoms with Gasteiger partial charge in [-0.1, -0.05) is 0 Å². The Hall–Kier alpha value is -1.14. The van der Waals surface area contributed by atoms with Crippen LogP contribution in [0.4, 0.5) is 0 Å². The average molecular weight is 284 g/mol. The van der Waals surface area contributed by atoms with Gasteiger partial charge in [0.05, 0.1) is 30.7 Å². The van der Waals surface area contributed by atoms with Crippen LogP contribution < -0.4 is 0 Å². The normalized spacial score (nSPS) is 44.4. The summed E-state index contributed by atoms with van der Waals surface area (Å²) in [6.45, 7) is 5.62. The molecule has 20 heavy (non-hydrogen) atoms. The van der Waals surface area contributed by atoms with E-state index in [9.17, 15) is 14.7 Å². The summed E-state index contributed by atoms with van der Waals surface area (Å²) in [7, 11) is 0. The molecule has 3 aliphatic rings. The molecule has 3 fully saturated rings. The molecule has 0 aromatic rings. The van der Waals surface area contributed by atoms with Crippen molar-refractivity contribution in [2.45, 2.75) is 45.2 Å². The lowest BCUT2D eigenvalue weighted by Crippen LogP contribution is -2.46. The smallest absolute Gasteiger partial charge is 0.310 e. The second-order valence-corrected chi connectivity index (χ2v) is 6.27. The molecular weight excluding hydrogens is 264 g/mol. The van der Waals surface area contributed by atoms with Gasteiger partial charge >= 0.3 is 11.9 Å². The van der Waals surface area contributed by atoms with Crippen LogP contribution in [0.3, 0.4) is 0 Å². The standard InChI is InChI=1S/C14H20O6/c1-4-18-13(17)9-7-5-6(8(9)12(15)16)10-11(7)20-14(2,3)19-10/h6-11H,4-5H2,1-3H3,(H,15,16)/t6-,7+,8-,9-,10-,11+/m1/s1. The fourth-order valence-corrected chi connectivity index (χ4v) is 4.19. The molecule has 2 aliphatic carbocycles. The Morgan fingerprint density at radius 1 is 1.20 bits per heavy atom. The summed E-state index contributed by atoms with van der Waals surface area (Å²) in [5, 5.41) is 9.47. The zero-order chi connectivity index (χ0) is 14.7. The van der Waals surface area contributed by atoms with Crippen molar-refractivity contribution < 1.29 is 28.9 Å². The van der Waals surface area contributed by atoms with E-state index in [1.54, 1.807) is 6.92 Å². The molecule has 0 amide bonds. The highest BCUT2D eigenvalue weighted by atomic mass is 16.8. The van der Waals surface area contributed by atoms with Crippen LogP contribution in [-0.4, -0.2) is 41.6 Å². The van der Waals surface area contributed by atoms with Crippen LogP contribution in [0.2, 0.25) is 0 Å². The van der Waals surface area contributed by atoms with Crippen molar-refractivity contribution in [3.05, 3.63) is 0 Å². The number of fused-ring (bicyclic) bond motifs is 5. The maximum atomic E-state index is 12.1. The third kappa shape index (κ3) is 1.85. The van der Waals surface area contributed by atoms with Crippen LogP contribution in [0.15, 0.2) is 0 Å². The maximum absolute atomic E-state index is 12.1. The topological polar surface area (TPSA) is 82.1 Å². The van der Waals surface area contributed by atoms with Crippen LogP contribution in [-0.2, 0) is 23.8 Å². The van der Waals surface area contributed by atoms with Crippen molar-refractivity contribution >= 4 is 11.9 Å². The van der Waals surface area contributed by atoms with Crippen LogP contribution in [0.1, 0.15) is 27.2 Å². The zero-order valence-corrected chi connectivity index (χ0v) is 11.9. The summed E-state index contributed by atoms with van der Waals surface area (Å²) in [4.78, 5) is 23.7. The fraction of sp³-hybridized carbons (Fsp3) is 0.857. The lowest BCUT2D eigenvalue weighted by atomic mass is 9.76. The number of carboxylic acids is 1. The minimum Gasteiger partial charge on any atom is -0.481 e. The van der Waals surface area contributed by atoms with E-state index < -0.39 is 29.6 Å². The van der Waals surface area contributed by atoms with Gasteiger partial charge < -0.3 is 19.3 Å². The predicted molar refractivity (Wildman–Crippen MR) is 66.7 cm³/mol. The van der Waals surface area contributed by atoms with E-state index in [2.05, 4.69) is 0 Å². The SMILES string of the molecule is CCOC(=O)[C@@H]1[C@@H]2C[C@@H]([C@H]3OC(C)(C)O[C@@H]23)[C@H]1C(=O)O. The molecule has 2 saturated carbocycles. The first kappa shape index (κ1) is 13.8. The maximum Gasteiger partial charge on any atom is 0.310 e. The number of hydrogen-bond acceptors (Lipinski definition) is 5. The molecule has 3 rings (SSSR count). The van der Waals surface area contributed by atoms with E-state index in [1.807, 2.05) is 13.8 Å². The molecule has 0 aromatic carbocycles. The Labute approximate surface area is 117 Å². The minimum atomic E-state index is -0.942. The van der Waals surface area contributed by atoms with Gasteiger partial charge in [-0.25, -0.2) is 0 Å². The summed E-state index contributed by atoms with van der Waals surface area (Å²) in [5.41, 5.74) is 0. The molecule has 0 unspecified atom stereocenters. The van der Waals surface area contributed by atoms with Crippen molar-refractivity contribution in [3.8, 4) is 0 Å². The molecule has 0 radical (unpaired) electrons. The molecule has 1 heterocycles. The lowest BCUT2D eigenvalue weighted by Gasteiger charge is -2.32. The highest BCUT2D eigenvalue weighted by Crippen LogP contribution is 2.58. The van der Waals surface area contributed by atoms with Gasteiger partial charge in [0, 0.05) is 11.8 Å². The van der Waals surface area contributed by atoms with Crippen molar-refractivity contribution in [3.63, 3.8) is 0 Å². The van der Waals surface area contributed by atoms with E-state index in [-0.39, 0.29) is 30.7 Å². The summed E-state index contributed by atoms with van der Waals surface area (Å²) in [6, 6.07) is 0. The van der Waals surface area contributed by atoms with Gasteiger partial charge in [0.2, 0.25) is 0 Å². The number of carboxylic acid groups (broad SMARTS) is 1. The minimum absolute atomic E-state index is 0.119. The monoisotopic (exact) mass is 284 g/mol. The third-order valence-electron chi connectivity index (χ3n) is 4.71. The Morgan fingerprint density at radius 3 is 2.25 bits per heavy atom. The summed E-state index contributed by atoms with van der Waals surface area (Å²) in [6.07, 6.45) is 0.244. The Bertz CT molecular complexity index is 445. The van der Waals surface area contributed by atoms with Gasteiger partial charge in [-0.2, -0.15) is 0 Å². The van der Waals surface area contributed by atoms with E-state index in [4.69, 9.17) is 14.2 Å². The first-order chi connectivity index (χ1) is 9.35. The molecule has 1 aliphatic heterocycles. The number of aliphatic carboxylic acids is 1. The number of esters is 1. The zero-order valence-electron chi connectivity index (χ0n) is 11.9. The predicted octanol–water partition coefficient (Wildman–Crippen LogP) is 1.04. The van der Waals surface area contributed by atoms with Crippen LogP contribution in [0.25, 0.3) is 0 Å². The van der Waals surface area contributed by atoms with Gasteiger partial charge in [0.25, 0.3) is 0 Å². The molecule has 1 saturated heterocycles. The molecular formula is C14H20O6. The third-order valence-corrected chi connectivity index (χ3v) is 4.71. The first-order valence-electron chi connectivity index (χ1n) is 7.11. The van der Waals surface area contributed by atoms with Crippen LogP contribution >= 0.6 is 0 Å². The van der Waals surface area contributed by atoms with Gasteiger partial charge in [-0.3, -0.25) is 9.59 Å². The molecule has 1 N–H and O–H groups in total. The molecule has 6 atom stereocenters. The Kier molecular flexibility index (Phi) is 3.06. The van der Waals surface area contributed by atoms with E-state index >= 15 is 0 Å². The van der Waals surface area contributed by atoms with Gasteiger partial charge in [0.15, 0.2) is 5.79 Å². The molecule has 6 heteroatoms. The summed E-state index contributed by atoms with van der Waals surface area (Å²) >= 11 is 0. The number of rotatable bonds is 3. The number of carbonyl (C=O) groups excluding carboxylic acids is 1. The quantitative estimate of drug-likeness (QED) is 0.780. The largest absolute Gasteiger partial charge is 0.481 e. The van der Waals surface area contributed by atoms with E-state index in [1.165, 1.54) is 0 Å². The van der Waals surface area contributed by atoms with E-state index in [0.29, 0.717) is 6.42 Å². The molecule has 6 nitrogen and oxygen atoms in total. The van der Waals surface area contributed by atoms with E-state index in [0.717, 1.165) is 0 Å². The average Bonchev–Trinajstić information content (AvgIpc) is 2.94. The lowest BCUT2D eigenvalue weighted by molar-refractivity contribution is -0.163. The Balaban J connectivity index is 1.89. The van der Waals surface area contributed by atoms with Crippen molar-refractivity contribution in [2.24, 2.45) is 23.7 Å². The highest BCUT2D eigenvalue weighted by Gasteiger charge is 2.67.